The second-order valence-electron chi connectivity index (χ2n) is 5.26. The van der Waals surface area contributed by atoms with E-state index in [0.29, 0.717) is 10.7 Å². The smallest absolute Gasteiger partial charge is 0.208 e. The van der Waals surface area contributed by atoms with Crippen LogP contribution in [0.5, 0.6) is 5.75 Å². The van der Waals surface area contributed by atoms with Crippen LogP contribution in [0.15, 0.2) is 24.5 Å². The van der Waals surface area contributed by atoms with Crippen molar-refractivity contribution in [3.63, 3.8) is 0 Å². The van der Waals surface area contributed by atoms with Gasteiger partial charge in [0.05, 0.1) is 0 Å². The van der Waals surface area contributed by atoms with Crippen molar-refractivity contribution >= 4 is 23.9 Å². The molecule has 0 atom stereocenters. The van der Waals surface area contributed by atoms with Crippen molar-refractivity contribution in [2.45, 2.75) is 26.2 Å². The van der Waals surface area contributed by atoms with E-state index in [-0.39, 0.29) is 11.2 Å². The van der Waals surface area contributed by atoms with Gasteiger partial charge in [-0.25, -0.2) is 9.97 Å². The minimum Gasteiger partial charge on any atom is -0.508 e. The summed E-state index contributed by atoms with van der Waals surface area (Å²) in [5, 5.41) is 13.0. The highest BCUT2D eigenvalue weighted by molar-refractivity contribution is 7.71. The fraction of sp³-hybridized carbons (Fsp3) is 0.308. The van der Waals surface area contributed by atoms with Gasteiger partial charge in [0.15, 0.2) is 0 Å². The molecule has 2 rings (SSSR count). The molecule has 3 N–H and O–H groups in total. The van der Waals surface area contributed by atoms with Gasteiger partial charge in [0.1, 0.15) is 12.1 Å². The summed E-state index contributed by atoms with van der Waals surface area (Å²) in [4.78, 5) is 10.7. The third-order valence-electron chi connectivity index (χ3n) is 2.65. The molecular weight excluding hydrogens is 260 g/mol. The zero-order chi connectivity index (χ0) is 14.0. The van der Waals surface area contributed by atoms with Gasteiger partial charge in [0.2, 0.25) is 10.7 Å². The lowest BCUT2D eigenvalue weighted by atomic mass is 9.86. The predicted octanol–water partition coefficient (Wildman–Crippen LogP) is 3.28. The standard InChI is InChI=1S/C13H16N4OS/c1-13(2,3)9-6-8(4-5-10(9)18)16-11-14-7-15-12(19)17-11/h4-7,18H,1-3H3,(H2,14,15,16,17,19). The number of phenolic OH excluding ortho intramolecular Hbond substituents is 1. The van der Waals surface area contributed by atoms with Gasteiger partial charge in [-0.2, -0.15) is 0 Å². The van der Waals surface area contributed by atoms with Gasteiger partial charge in [-0.1, -0.05) is 20.8 Å². The molecule has 5 nitrogen and oxygen atoms in total. The minimum atomic E-state index is -0.139. The van der Waals surface area contributed by atoms with E-state index in [1.54, 1.807) is 12.1 Å². The number of nitrogens with one attached hydrogen (secondary N) is 2. The maximum Gasteiger partial charge on any atom is 0.208 e. The van der Waals surface area contributed by atoms with E-state index >= 15 is 0 Å². The number of hydrogen-bond acceptors (Lipinski definition) is 5. The molecule has 19 heavy (non-hydrogen) atoms. The number of H-pyrrole nitrogens is 1. The molecule has 0 aliphatic heterocycles. The number of phenols is 1. The van der Waals surface area contributed by atoms with Crippen LogP contribution in [0.2, 0.25) is 0 Å². The molecular formula is C13H16N4OS. The maximum atomic E-state index is 9.90. The van der Waals surface area contributed by atoms with Crippen LogP contribution < -0.4 is 5.32 Å². The Morgan fingerprint density at radius 3 is 2.63 bits per heavy atom. The van der Waals surface area contributed by atoms with Gasteiger partial charge in [-0.15, -0.1) is 0 Å². The maximum absolute atomic E-state index is 9.90. The van der Waals surface area contributed by atoms with Crippen LogP contribution >= 0.6 is 12.2 Å². The molecule has 6 heteroatoms. The van der Waals surface area contributed by atoms with E-state index in [1.807, 2.05) is 26.8 Å². The summed E-state index contributed by atoms with van der Waals surface area (Å²) < 4.78 is 0.368. The summed E-state index contributed by atoms with van der Waals surface area (Å²) in [6.45, 7) is 6.14. The second-order valence-corrected chi connectivity index (χ2v) is 5.65. The Morgan fingerprint density at radius 2 is 2.00 bits per heavy atom. The second kappa shape index (κ2) is 4.97. The molecule has 1 aromatic heterocycles. The quantitative estimate of drug-likeness (QED) is 0.580. The Labute approximate surface area is 116 Å². The molecule has 2 aromatic rings. The van der Waals surface area contributed by atoms with E-state index in [9.17, 15) is 5.11 Å². The first kappa shape index (κ1) is 13.5. The van der Waals surface area contributed by atoms with Crippen molar-refractivity contribution in [3.8, 4) is 5.75 Å². The molecule has 0 aliphatic rings. The Balaban J connectivity index is 2.34. The van der Waals surface area contributed by atoms with Crippen LogP contribution in [0, 0.1) is 4.77 Å². The van der Waals surface area contributed by atoms with E-state index in [2.05, 4.69) is 20.3 Å². The van der Waals surface area contributed by atoms with Crippen molar-refractivity contribution in [1.82, 2.24) is 15.0 Å². The fourth-order valence-corrected chi connectivity index (χ4v) is 1.86. The monoisotopic (exact) mass is 276 g/mol. The average molecular weight is 276 g/mol. The Bertz CT molecular complexity index is 646. The number of aromatic hydroxyl groups is 1. The van der Waals surface area contributed by atoms with Crippen LogP contribution in [0.1, 0.15) is 26.3 Å². The van der Waals surface area contributed by atoms with Crippen LogP contribution in [-0.2, 0) is 5.41 Å². The Hall–Kier alpha value is -1.95. The molecule has 0 saturated carbocycles. The first-order valence-corrected chi connectivity index (χ1v) is 6.29. The lowest BCUT2D eigenvalue weighted by Crippen LogP contribution is -2.11. The summed E-state index contributed by atoms with van der Waals surface area (Å²) in [7, 11) is 0. The normalized spacial score (nSPS) is 11.3. The van der Waals surface area contributed by atoms with E-state index in [1.165, 1.54) is 6.33 Å². The molecule has 0 radical (unpaired) electrons. The van der Waals surface area contributed by atoms with Gasteiger partial charge < -0.3 is 15.4 Å². The summed E-state index contributed by atoms with van der Waals surface area (Å²) in [6, 6.07) is 5.34. The van der Waals surface area contributed by atoms with Crippen LogP contribution in [-0.4, -0.2) is 20.1 Å². The highest BCUT2D eigenvalue weighted by Crippen LogP contribution is 2.33. The number of aromatic nitrogens is 3. The Morgan fingerprint density at radius 1 is 1.26 bits per heavy atom. The number of nitrogens with zero attached hydrogens (tertiary/aromatic N) is 2. The lowest BCUT2D eigenvalue weighted by Gasteiger charge is -2.21. The number of benzene rings is 1. The fourth-order valence-electron chi connectivity index (χ4n) is 1.72. The van der Waals surface area contributed by atoms with Crippen LogP contribution in [0.4, 0.5) is 11.6 Å². The molecule has 0 bridgehead atoms. The van der Waals surface area contributed by atoms with Gasteiger partial charge in [-0.3, -0.25) is 0 Å². The molecule has 1 heterocycles. The van der Waals surface area contributed by atoms with E-state index < -0.39 is 0 Å². The molecule has 0 amide bonds. The predicted molar refractivity (Wildman–Crippen MR) is 77.3 cm³/mol. The van der Waals surface area contributed by atoms with Crippen molar-refractivity contribution in [1.29, 1.82) is 0 Å². The largest absolute Gasteiger partial charge is 0.508 e. The first-order valence-electron chi connectivity index (χ1n) is 5.88. The summed E-state index contributed by atoms with van der Waals surface area (Å²) in [5.74, 6) is 0.805. The van der Waals surface area contributed by atoms with Crippen molar-refractivity contribution in [2.75, 3.05) is 5.32 Å². The van der Waals surface area contributed by atoms with Gasteiger partial charge >= 0.3 is 0 Å². The number of hydrogen-bond donors (Lipinski definition) is 3. The zero-order valence-electron chi connectivity index (χ0n) is 11.1. The van der Waals surface area contributed by atoms with Crippen LogP contribution in [0.3, 0.4) is 0 Å². The molecule has 1 aromatic carbocycles. The number of aromatic amines is 1. The highest BCUT2D eigenvalue weighted by atomic mass is 32.1. The van der Waals surface area contributed by atoms with Crippen LogP contribution in [0.25, 0.3) is 0 Å². The molecule has 0 unspecified atom stereocenters. The number of rotatable bonds is 2. The summed E-state index contributed by atoms with van der Waals surface area (Å²) in [5.41, 5.74) is 1.55. The van der Waals surface area contributed by atoms with Crippen molar-refractivity contribution in [2.24, 2.45) is 0 Å². The molecule has 0 spiro atoms. The average Bonchev–Trinajstić information content (AvgIpc) is 2.30. The SMILES string of the molecule is CC(C)(C)c1cc(Nc2ncnc(=S)[nH]2)ccc1O. The van der Waals surface area contributed by atoms with Crippen molar-refractivity contribution in [3.05, 3.63) is 34.9 Å². The third kappa shape index (κ3) is 3.29. The van der Waals surface area contributed by atoms with E-state index in [4.69, 9.17) is 12.2 Å². The van der Waals surface area contributed by atoms with Gasteiger partial charge in [-0.05, 0) is 35.8 Å². The topological polar surface area (TPSA) is 73.8 Å². The third-order valence-corrected chi connectivity index (χ3v) is 2.86. The molecule has 100 valence electrons. The molecule has 0 saturated heterocycles. The lowest BCUT2D eigenvalue weighted by molar-refractivity contribution is 0.447. The zero-order valence-corrected chi connectivity index (χ0v) is 11.9. The van der Waals surface area contributed by atoms with Gasteiger partial charge in [0, 0.05) is 11.3 Å². The van der Waals surface area contributed by atoms with E-state index in [0.717, 1.165) is 11.3 Å². The summed E-state index contributed by atoms with van der Waals surface area (Å²) >= 11 is 4.93. The summed E-state index contributed by atoms with van der Waals surface area (Å²) in [6.07, 6.45) is 1.40. The Kier molecular flexibility index (Phi) is 3.53. The minimum absolute atomic E-state index is 0.139. The number of anilines is 2. The van der Waals surface area contributed by atoms with Gasteiger partial charge in [0.25, 0.3) is 0 Å². The highest BCUT2D eigenvalue weighted by Gasteiger charge is 2.18. The first-order chi connectivity index (χ1) is 8.86. The molecule has 0 aliphatic carbocycles. The van der Waals surface area contributed by atoms with Crippen molar-refractivity contribution < 1.29 is 5.11 Å². The molecule has 0 fully saturated rings.